The molecule has 2 aliphatic rings. The van der Waals surface area contributed by atoms with E-state index in [2.05, 4.69) is 11.9 Å². The maximum Gasteiger partial charge on any atom is 0.316 e. The SMILES string of the molecule is CN1C2CCC1CC(OC(=O)C(CO)c1ccccc1)C2.CO. The van der Waals surface area contributed by atoms with E-state index in [1.807, 2.05) is 30.3 Å². The summed E-state index contributed by atoms with van der Waals surface area (Å²) in [5, 5.41) is 16.5. The predicted octanol–water partition coefficient (Wildman–Crippen LogP) is 1.54. The number of ether oxygens (including phenoxy) is 1. The molecule has 0 saturated carbocycles. The molecule has 2 saturated heterocycles. The number of aliphatic hydroxyl groups excluding tert-OH is 2. The van der Waals surface area contributed by atoms with Crippen molar-refractivity contribution in [1.82, 2.24) is 4.90 Å². The Kier molecular flexibility index (Phi) is 6.57. The maximum atomic E-state index is 12.4. The number of carbonyl (C=O) groups is 1. The highest BCUT2D eigenvalue weighted by molar-refractivity contribution is 5.78. The van der Waals surface area contributed by atoms with Gasteiger partial charge in [0.15, 0.2) is 0 Å². The topological polar surface area (TPSA) is 70.0 Å². The molecule has 5 nitrogen and oxygen atoms in total. The average Bonchev–Trinajstić information content (AvgIpc) is 2.79. The molecule has 1 aromatic carbocycles. The highest BCUT2D eigenvalue weighted by atomic mass is 16.5. The normalized spacial score (nSPS) is 27.7. The van der Waals surface area contributed by atoms with Crippen molar-refractivity contribution < 1.29 is 19.7 Å². The minimum absolute atomic E-state index is 0.00367. The number of rotatable bonds is 4. The first-order valence-corrected chi connectivity index (χ1v) is 8.22. The molecule has 23 heavy (non-hydrogen) atoms. The first kappa shape index (κ1) is 17.9. The van der Waals surface area contributed by atoms with Crippen molar-refractivity contribution in [2.75, 3.05) is 20.8 Å². The van der Waals surface area contributed by atoms with Gasteiger partial charge in [-0.2, -0.15) is 0 Å². The number of hydrogen-bond donors (Lipinski definition) is 2. The van der Waals surface area contributed by atoms with Crippen molar-refractivity contribution in [2.45, 2.75) is 49.8 Å². The van der Waals surface area contributed by atoms with Gasteiger partial charge in [0.05, 0.1) is 6.61 Å². The zero-order valence-electron chi connectivity index (χ0n) is 13.9. The number of nitrogens with zero attached hydrogens (tertiary/aromatic N) is 1. The number of esters is 1. The summed E-state index contributed by atoms with van der Waals surface area (Å²) in [6.07, 6.45) is 4.26. The van der Waals surface area contributed by atoms with Gasteiger partial charge in [0.25, 0.3) is 0 Å². The number of benzene rings is 1. The third kappa shape index (κ3) is 4.10. The third-order valence-electron chi connectivity index (χ3n) is 5.01. The molecule has 0 spiro atoms. The summed E-state index contributed by atoms with van der Waals surface area (Å²) in [7, 11) is 3.17. The minimum Gasteiger partial charge on any atom is -0.462 e. The van der Waals surface area contributed by atoms with Crippen LogP contribution in [0.3, 0.4) is 0 Å². The highest BCUT2D eigenvalue weighted by Crippen LogP contribution is 2.36. The lowest BCUT2D eigenvalue weighted by atomic mass is 9.98. The summed E-state index contributed by atoms with van der Waals surface area (Å²) in [4.78, 5) is 14.8. The van der Waals surface area contributed by atoms with E-state index in [1.165, 1.54) is 12.8 Å². The molecule has 0 amide bonds. The fraction of sp³-hybridized carbons (Fsp3) is 0.611. The van der Waals surface area contributed by atoms with Gasteiger partial charge >= 0.3 is 5.97 Å². The fourth-order valence-corrected chi connectivity index (χ4v) is 3.71. The molecule has 0 aromatic heterocycles. The van der Waals surface area contributed by atoms with Gasteiger partial charge in [0, 0.05) is 19.2 Å². The van der Waals surface area contributed by atoms with Crippen LogP contribution in [0.15, 0.2) is 30.3 Å². The van der Waals surface area contributed by atoms with Gasteiger partial charge in [-0.05, 0) is 38.3 Å². The van der Waals surface area contributed by atoms with Crippen LogP contribution in [0.1, 0.15) is 37.2 Å². The number of piperidine rings is 1. The van der Waals surface area contributed by atoms with Crippen molar-refractivity contribution in [3.8, 4) is 0 Å². The smallest absolute Gasteiger partial charge is 0.316 e. The van der Waals surface area contributed by atoms with E-state index in [0.29, 0.717) is 12.1 Å². The fourth-order valence-electron chi connectivity index (χ4n) is 3.71. The molecule has 0 aliphatic carbocycles. The zero-order chi connectivity index (χ0) is 16.8. The van der Waals surface area contributed by atoms with Gasteiger partial charge in [-0.25, -0.2) is 0 Å². The second kappa shape index (κ2) is 8.43. The Hall–Kier alpha value is -1.43. The quantitative estimate of drug-likeness (QED) is 0.823. The number of fused-ring (bicyclic) bond motifs is 2. The Labute approximate surface area is 137 Å². The maximum absolute atomic E-state index is 12.4. The molecule has 128 valence electrons. The lowest BCUT2D eigenvalue weighted by Gasteiger charge is -2.36. The Morgan fingerprint density at radius 3 is 2.30 bits per heavy atom. The highest BCUT2D eigenvalue weighted by Gasteiger charge is 2.40. The molecule has 2 heterocycles. The number of hydrogen-bond acceptors (Lipinski definition) is 5. The van der Waals surface area contributed by atoms with Crippen LogP contribution in [0.25, 0.3) is 0 Å². The first-order chi connectivity index (χ1) is 11.2. The third-order valence-corrected chi connectivity index (χ3v) is 5.01. The van der Waals surface area contributed by atoms with E-state index in [1.54, 1.807) is 0 Å². The lowest BCUT2D eigenvalue weighted by molar-refractivity contribution is -0.155. The summed E-state index contributed by atoms with van der Waals surface area (Å²) in [6, 6.07) is 10.5. The Balaban J connectivity index is 0.000000924. The number of carbonyl (C=O) groups excluding carboxylic acids is 1. The van der Waals surface area contributed by atoms with Gasteiger partial charge < -0.3 is 19.8 Å². The molecule has 1 aromatic rings. The summed E-state index contributed by atoms with van der Waals surface area (Å²) in [5.74, 6) is -0.860. The van der Waals surface area contributed by atoms with Crippen LogP contribution < -0.4 is 0 Å². The molecule has 5 heteroatoms. The van der Waals surface area contributed by atoms with Gasteiger partial charge in [-0.1, -0.05) is 30.3 Å². The van der Waals surface area contributed by atoms with E-state index in [9.17, 15) is 9.90 Å². The summed E-state index contributed by atoms with van der Waals surface area (Å²) < 4.78 is 5.70. The van der Waals surface area contributed by atoms with Gasteiger partial charge in [0.2, 0.25) is 0 Å². The number of aliphatic hydroxyl groups is 2. The van der Waals surface area contributed by atoms with Crippen molar-refractivity contribution in [3.05, 3.63) is 35.9 Å². The molecule has 2 fully saturated rings. The lowest BCUT2D eigenvalue weighted by Crippen LogP contribution is -2.43. The van der Waals surface area contributed by atoms with E-state index < -0.39 is 5.92 Å². The predicted molar refractivity (Wildman–Crippen MR) is 88.1 cm³/mol. The molecular formula is C18H27NO4. The van der Waals surface area contributed by atoms with E-state index in [-0.39, 0.29) is 18.7 Å². The van der Waals surface area contributed by atoms with Crippen LogP contribution in [0, 0.1) is 0 Å². The molecule has 3 unspecified atom stereocenters. The zero-order valence-corrected chi connectivity index (χ0v) is 13.9. The Morgan fingerprint density at radius 1 is 1.22 bits per heavy atom. The second-order valence-corrected chi connectivity index (χ2v) is 6.23. The van der Waals surface area contributed by atoms with Gasteiger partial charge in [-0.15, -0.1) is 0 Å². The molecule has 2 bridgehead atoms. The van der Waals surface area contributed by atoms with Crippen molar-refractivity contribution in [2.24, 2.45) is 0 Å². The van der Waals surface area contributed by atoms with Crippen LogP contribution in [0.5, 0.6) is 0 Å². The Morgan fingerprint density at radius 2 is 1.78 bits per heavy atom. The average molecular weight is 321 g/mol. The Bertz CT molecular complexity index is 479. The monoisotopic (exact) mass is 321 g/mol. The van der Waals surface area contributed by atoms with E-state index in [4.69, 9.17) is 9.84 Å². The van der Waals surface area contributed by atoms with Crippen LogP contribution in [0.2, 0.25) is 0 Å². The van der Waals surface area contributed by atoms with E-state index in [0.717, 1.165) is 25.5 Å². The van der Waals surface area contributed by atoms with Gasteiger partial charge in [0.1, 0.15) is 12.0 Å². The molecule has 0 radical (unpaired) electrons. The van der Waals surface area contributed by atoms with E-state index >= 15 is 0 Å². The van der Waals surface area contributed by atoms with Crippen molar-refractivity contribution >= 4 is 5.97 Å². The largest absolute Gasteiger partial charge is 0.462 e. The molecule has 3 atom stereocenters. The standard InChI is InChI=1S/C17H23NO3.CH4O/c1-18-13-7-8-14(18)10-15(9-13)21-17(20)16(11-19)12-5-3-2-4-6-12;1-2/h2-6,13-16,19H,7-11H2,1H3;2H,1H3. The first-order valence-electron chi connectivity index (χ1n) is 8.22. The summed E-state index contributed by atoms with van der Waals surface area (Å²) in [6.45, 7) is -0.206. The summed E-state index contributed by atoms with van der Waals surface area (Å²) >= 11 is 0. The minimum atomic E-state index is -0.566. The van der Waals surface area contributed by atoms with Crippen molar-refractivity contribution in [1.29, 1.82) is 0 Å². The second-order valence-electron chi connectivity index (χ2n) is 6.23. The van der Waals surface area contributed by atoms with Gasteiger partial charge in [-0.3, -0.25) is 4.79 Å². The van der Waals surface area contributed by atoms with Crippen LogP contribution >= 0.6 is 0 Å². The van der Waals surface area contributed by atoms with Crippen LogP contribution in [-0.4, -0.2) is 60.0 Å². The molecule has 2 N–H and O–H groups in total. The van der Waals surface area contributed by atoms with Crippen LogP contribution in [-0.2, 0) is 9.53 Å². The van der Waals surface area contributed by atoms with Crippen molar-refractivity contribution in [3.63, 3.8) is 0 Å². The summed E-state index contributed by atoms with van der Waals surface area (Å²) in [5.41, 5.74) is 0.820. The molecule has 2 aliphatic heterocycles. The molecule has 3 rings (SSSR count). The molecular weight excluding hydrogens is 294 g/mol. The van der Waals surface area contributed by atoms with Crippen LogP contribution in [0.4, 0.5) is 0 Å².